The van der Waals surface area contributed by atoms with Gasteiger partial charge in [0.05, 0.1) is 6.10 Å². The zero-order valence-electron chi connectivity index (χ0n) is 16.4. The molecule has 2 aliphatic rings. The van der Waals surface area contributed by atoms with Gasteiger partial charge in [0.15, 0.2) is 0 Å². The molecule has 3 rings (SSSR count). The van der Waals surface area contributed by atoms with E-state index in [1.807, 2.05) is 29.2 Å². The molecule has 3 N–H and O–H groups in total. The smallest absolute Gasteiger partial charge is 0.254 e. The van der Waals surface area contributed by atoms with E-state index in [2.05, 4.69) is 5.32 Å². The van der Waals surface area contributed by atoms with E-state index in [9.17, 15) is 9.59 Å². The predicted molar refractivity (Wildman–Crippen MR) is 106 cm³/mol. The molecule has 0 saturated carbocycles. The standard InChI is InChI=1S/C21H31N3O4/c22-11-10-20(25)23-14-17-4-1-2-12-24(17)21(26)16-6-8-18(9-7-16)28-15-19-5-3-13-27-19/h6-9,17,19H,1-5,10-15,22H2,(H,23,25). The lowest BCUT2D eigenvalue weighted by atomic mass is 10.0. The van der Waals surface area contributed by atoms with Crippen LogP contribution >= 0.6 is 0 Å². The number of nitrogens with two attached hydrogens (primary N) is 1. The van der Waals surface area contributed by atoms with Crippen LogP contribution in [0.4, 0.5) is 0 Å². The minimum Gasteiger partial charge on any atom is -0.491 e. The summed E-state index contributed by atoms with van der Waals surface area (Å²) in [5.41, 5.74) is 6.06. The average Bonchev–Trinajstić information content (AvgIpc) is 3.25. The van der Waals surface area contributed by atoms with Crippen LogP contribution in [0.2, 0.25) is 0 Å². The number of carbonyl (C=O) groups is 2. The first-order chi connectivity index (χ1) is 13.7. The molecule has 1 aromatic carbocycles. The number of amides is 2. The van der Waals surface area contributed by atoms with Gasteiger partial charge in [0.25, 0.3) is 5.91 Å². The van der Waals surface area contributed by atoms with Gasteiger partial charge in [-0.25, -0.2) is 0 Å². The fourth-order valence-corrected chi connectivity index (χ4v) is 3.76. The summed E-state index contributed by atoms with van der Waals surface area (Å²) in [4.78, 5) is 26.6. The van der Waals surface area contributed by atoms with E-state index >= 15 is 0 Å². The van der Waals surface area contributed by atoms with Gasteiger partial charge in [-0.2, -0.15) is 0 Å². The molecule has 2 heterocycles. The van der Waals surface area contributed by atoms with Crippen molar-refractivity contribution in [3.05, 3.63) is 29.8 Å². The molecule has 0 aromatic heterocycles. The molecule has 0 bridgehead atoms. The third-order valence-corrected chi connectivity index (χ3v) is 5.36. The molecule has 2 amide bonds. The first-order valence-corrected chi connectivity index (χ1v) is 10.3. The van der Waals surface area contributed by atoms with Crippen LogP contribution in [0.1, 0.15) is 48.9 Å². The quantitative estimate of drug-likeness (QED) is 0.706. The van der Waals surface area contributed by atoms with Gasteiger partial charge in [-0.15, -0.1) is 0 Å². The third-order valence-electron chi connectivity index (χ3n) is 5.36. The number of carbonyl (C=O) groups excluding carboxylic acids is 2. The summed E-state index contributed by atoms with van der Waals surface area (Å²) in [6.45, 7) is 2.89. The van der Waals surface area contributed by atoms with Crippen molar-refractivity contribution in [2.24, 2.45) is 5.73 Å². The molecule has 7 nitrogen and oxygen atoms in total. The fraction of sp³-hybridized carbons (Fsp3) is 0.619. The molecule has 2 unspecified atom stereocenters. The maximum atomic E-state index is 13.0. The highest BCUT2D eigenvalue weighted by Crippen LogP contribution is 2.21. The maximum Gasteiger partial charge on any atom is 0.254 e. The molecule has 2 fully saturated rings. The SMILES string of the molecule is NCCC(=O)NCC1CCCCN1C(=O)c1ccc(OCC2CCCO2)cc1. The summed E-state index contributed by atoms with van der Waals surface area (Å²) < 4.78 is 11.3. The molecule has 2 atom stereocenters. The van der Waals surface area contributed by atoms with E-state index in [4.69, 9.17) is 15.2 Å². The number of hydrogen-bond donors (Lipinski definition) is 2. The normalized spacial score (nSPS) is 22.1. The monoisotopic (exact) mass is 389 g/mol. The van der Waals surface area contributed by atoms with Crippen LogP contribution in [0.25, 0.3) is 0 Å². The minimum atomic E-state index is -0.0618. The molecular formula is C21H31N3O4. The van der Waals surface area contributed by atoms with Gasteiger partial charge in [0, 0.05) is 44.3 Å². The Morgan fingerprint density at radius 3 is 2.71 bits per heavy atom. The van der Waals surface area contributed by atoms with Crippen molar-refractivity contribution in [1.82, 2.24) is 10.2 Å². The Morgan fingerprint density at radius 2 is 2.00 bits per heavy atom. The van der Waals surface area contributed by atoms with E-state index in [-0.39, 0.29) is 24.0 Å². The van der Waals surface area contributed by atoms with Gasteiger partial charge < -0.3 is 25.4 Å². The second kappa shape index (κ2) is 10.4. The Labute approximate surface area is 166 Å². The summed E-state index contributed by atoms with van der Waals surface area (Å²) in [5, 5.41) is 2.90. The van der Waals surface area contributed by atoms with Crippen LogP contribution in [0.15, 0.2) is 24.3 Å². The molecule has 1 aromatic rings. The van der Waals surface area contributed by atoms with Crippen LogP contribution in [0, 0.1) is 0 Å². The summed E-state index contributed by atoms with van der Waals surface area (Å²) in [5.74, 6) is 0.688. The van der Waals surface area contributed by atoms with Crippen LogP contribution in [0.3, 0.4) is 0 Å². The van der Waals surface area contributed by atoms with Crippen LogP contribution in [0.5, 0.6) is 5.75 Å². The predicted octanol–water partition coefficient (Wildman–Crippen LogP) is 1.70. The van der Waals surface area contributed by atoms with E-state index < -0.39 is 0 Å². The second-order valence-corrected chi connectivity index (χ2v) is 7.46. The van der Waals surface area contributed by atoms with Crippen molar-refractivity contribution in [2.45, 2.75) is 50.7 Å². The van der Waals surface area contributed by atoms with Crippen molar-refractivity contribution in [3.63, 3.8) is 0 Å². The van der Waals surface area contributed by atoms with E-state index in [0.717, 1.165) is 44.5 Å². The largest absolute Gasteiger partial charge is 0.491 e. The lowest BCUT2D eigenvalue weighted by Gasteiger charge is -2.36. The van der Waals surface area contributed by atoms with E-state index in [0.29, 0.717) is 38.2 Å². The highest BCUT2D eigenvalue weighted by atomic mass is 16.5. The molecular weight excluding hydrogens is 358 g/mol. The van der Waals surface area contributed by atoms with Gasteiger partial charge in [-0.1, -0.05) is 0 Å². The van der Waals surface area contributed by atoms with Crippen molar-refractivity contribution >= 4 is 11.8 Å². The Balaban J connectivity index is 1.55. The first-order valence-electron chi connectivity index (χ1n) is 10.3. The number of nitrogens with zero attached hydrogens (tertiary/aromatic N) is 1. The minimum absolute atomic E-state index is 0.00319. The number of piperidine rings is 1. The van der Waals surface area contributed by atoms with Gasteiger partial charge in [-0.3, -0.25) is 9.59 Å². The van der Waals surface area contributed by atoms with Crippen molar-refractivity contribution < 1.29 is 19.1 Å². The zero-order valence-corrected chi connectivity index (χ0v) is 16.4. The topological polar surface area (TPSA) is 93.9 Å². The van der Waals surface area contributed by atoms with Crippen LogP contribution < -0.4 is 15.8 Å². The molecule has 0 spiro atoms. The second-order valence-electron chi connectivity index (χ2n) is 7.46. The molecule has 0 radical (unpaired) electrons. The molecule has 2 aliphatic heterocycles. The molecule has 2 saturated heterocycles. The van der Waals surface area contributed by atoms with Gasteiger partial charge in [0.1, 0.15) is 12.4 Å². The summed E-state index contributed by atoms with van der Waals surface area (Å²) in [7, 11) is 0. The molecule has 0 aliphatic carbocycles. The van der Waals surface area contributed by atoms with Gasteiger partial charge >= 0.3 is 0 Å². The van der Waals surface area contributed by atoms with Crippen LogP contribution in [-0.2, 0) is 9.53 Å². The van der Waals surface area contributed by atoms with Gasteiger partial charge in [-0.05, 0) is 56.4 Å². The van der Waals surface area contributed by atoms with E-state index in [1.54, 1.807) is 0 Å². The summed E-state index contributed by atoms with van der Waals surface area (Å²) in [6.07, 6.45) is 5.56. The summed E-state index contributed by atoms with van der Waals surface area (Å²) >= 11 is 0. The lowest BCUT2D eigenvalue weighted by Crippen LogP contribution is -2.49. The Hall–Kier alpha value is -2.12. The number of ether oxygens (including phenoxy) is 2. The molecule has 7 heteroatoms. The van der Waals surface area contributed by atoms with Crippen LogP contribution in [-0.4, -0.2) is 61.7 Å². The first kappa shape index (κ1) is 20.6. The van der Waals surface area contributed by atoms with Crippen molar-refractivity contribution in [1.29, 1.82) is 0 Å². The highest BCUT2D eigenvalue weighted by Gasteiger charge is 2.27. The highest BCUT2D eigenvalue weighted by molar-refractivity contribution is 5.94. The Kier molecular flexibility index (Phi) is 7.68. The fourth-order valence-electron chi connectivity index (χ4n) is 3.76. The van der Waals surface area contributed by atoms with Crippen molar-refractivity contribution in [3.8, 4) is 5.75 Å². The number of likely N-dealkylation sites (tertiary alicyclic amines) is 1. The third kappa shape index (κ3) is 5.69. The number of hydrogen-bond acceptors (Lipinski definition) is 5. The number of nitrogens with one attached hydrogen (secondary N) is 1. The van der Waals surface area contributed by atoms with E-state index in [1.165, 1.54) is 0 Å². The Bertz CT molecular complexity index is 644. The number of benzene rings is 1. The molecule has 154 valence electrons. The van der Waals surface area contributed by atoms with Gasteiger partial charge in [0.2, 0.25) is 5.91 Å². The average molecular weight is 389 g/mol. The maximum absolute atomic E-state index is 13.0. The zero-order chi connectivity index (χ0) is 19.8. The number of rotatable bonds is 8. The lowest BCUT2D eigenvalue weighted by molar-refractivity contribution is -0.121. The molecule has 28 heavy (non-hydrogen) atoms. The van der Waals surface area contributed by atoms with Crippen molar-refractivity contribution in [2.75, 3.05) is 32.8 Å². The summed E-state index contributed by atoms with van der Waals surface area (Å²) in [6, 6.07) is 7.32. The Morgan fingerprint density at radius 1 is 1.18 bits per heavy atom.